The molecule has 0 aromatic carbocycles. The van der Waals surface area contributed by atoms with E-state index < -0.39 is 0 Å². The molecule has 1 heterocycles. The van der Waals surface area contributed by atoms with Gasteiger partial charge in [0.25, 0.3) is 0 Å². The minimum atomic E-state index is -0.112. The van der Waals surface area contributed by atoms with Gasteiger partial charge in [-0.3, -0.25) is 14.5 Å². The second kappa shape index (κ2) is 3.80. The summed E-state index contributed by atoms with van der Waals surface area (Å²) in [5.74, 6) is -0.0596. The molecule has 4 heteroatoms. The molecule has 0 radical (unpaired) electrons. The van der Waals surface area contributed by atoms with E-state index in [9.17, 15) is 9.59 Å². The molecular formula is C14H22N2O2. The zero-order valence-electron chi connectivity index (χ0n) is 11.2. The lowest BCUT2D eigenvalue weighted by molar-refractivity contribution is -0.146. The number of hydrogen-bond acceptors (Lipinski definition) is 3. The van der Waals surface area contributed by atoms with Gasteiger partial charge in [-0.15, -0.1) is 0 Å². The molecule has 4 nitrogen and oxygen atoms in total. The molecule has 4 atom stereocenters. The van der Waals surface area contributed by atoms with Crippen molar-refractivity contribution in [2.24, 2.45) is 23.0 Å². The van der Waals surface area contributed by atoms with Gasteiger partial charge in [0.05, 0.1) is 17.9 Å². The lowest BCUT2D eigenvalue weighted by atomic mass is 9.99. The fourth-order valence-electron chi connectivity index (χ4n) is 3.93. The van der Waals surface area contributed by atoms with Crippen molar-refractivity contribution in [3.05, 3.63) is 0 Å². The largest absolute Gasteiger partial charge is 0.326 e. The van der Waals surface area contributed by atoms with E-state index in [1.165, 1.54) is 11.3 Å². The number of amides is 2. The molecule has 2 amide bonds. The van der Waals surface area contributed by atoms with Gasteiger partial charge in [0.1, 0.15) is 0 Å². The Balaban J connectivity index is 1.82. The predicted octanol–water partition coefficient (Wildman–Crippen LogP) is 1.29. The van der Waals surface area contributed by atoms with Crippen LogP contribution < -0.4 is 5.73 Å². The lowest BCUT2D eigenvalue weighted by Crippen LogP contribution is -2.52. The number of rotatable bonds is 1. The highest BCUT2D eigenvalue weighted by atomic mass is 16.2. The quantitative estimate of drug-likeness (QED) is 0.563. The molecular weight excluding hydrogens is 228 g/mol. The van der Waals surface area contributed by atoms with E-state index in [0.717, 1.165) is 25.7 Å². The van der Waals surface area contributed by atoms with Crippen molar-refractivity contribution in [2.75, 3.05) is 0 Å². The topological polar surface area (TPSA) is 63.4 Å². The van der Waals surface area contributed by atoms with Crippen LogP contribution in [0.4, 0.5) is 0 Å². The SMILES string of the molecule is CC1(C)C2C(=O)N(C3CCCCCC3N)C(=O)C21. The van der Waals surface area contributed by atoms with E-state index in [2.05, 4.69) is 0 Å². The van der Waals surface area contributed by atoms with E-state index in [1.54, 1.807) is 0 Å². The van der Waals surface area contributed by atoms with E-state index in [-0.39, 0.29) is 41.1 Å². The summed E-state index contributed by atoms with van der Waals surface area (Å²) in [6.45, 7) is 4.03. The Hall–Kier alpha value is -0.900. The third-order valence-corrected chi connectivity index (χ3v) is 5.20. The van der Waals surface area contributed by atoms with Gasteiger partial charge in [-0.05, 0) is 18.3 Å². The first-order chi connectivity index (χ1) is 8.46. The third kappa shape index (κ3) is 1.48. The average Bonchev–Trinajstić information content (AvgIpc) is 2.84. The lowest BCUT2D eigenvalue weighted by Gasteiger charge is -2.32. The Labute approximate surface area is 108 Å². The van der Waals surface area contributed by atoms with Crippen molar-refractivity contribution in [3.8, 4) is 0 Å². The minimum Gasteiger partial charge on any atom is -0.326 e. The van der Waals surface area contributed by atoms with Gasteiger partial charge < -0.3 is 5.73 Å². The molecule has 0 aromatic heterocycles. The van der Waals surface area contributed by atoms with Crippen LogP contribution in [0.25, 0.3) is 0 Å². The molecule has 3 aliphatic rings. The van der Waals surface area contributed by atoms with Crippen molar-refractivity contribution in [1.29, 1.82) is 0 Å². The maximum absolute atomic E-state index is 12.4. The highest BCUT2D eigenvalue weighted by Gasteiger charge is 2.73. The van der Waals surface area contributed by atoms with Crippen molar-refractivity contribution in [1.82, 2.24) is 4.90 Å². The molecule has 2 aliphatic carbocycles. The molecule has 2 saturated carbocycles. The minimum absolute atomic E-state index is 0.0268. The second-order valence-electron chi connectivity index (χ2n) is 6.69. The Bertz CT molecular complexity index is 381. The van der Waals surface area contributed by atoms with E-state index in [0.29, 0.717) is 0 Å². The number of piperidine rings is 1. The van der Waals surface area contributed by atoms with Crippen LogP contribution in [0.1, 0.15) is 46.0 Å². The highest BCUT2D eigenvalue weighted by Crippen LogP contribution is 2.63. The molecule has 2 N–H and O–H groups in total. The fourth-order valence-corrected chi connectivity index (χ4v) is 3.93. The van der Waals surface area contributed by atoms with Gasteiger partial charge in [0.15, 0.2) is 0 Å². The Morgan fingerprint density at radius 3 is 2.22 bits per heavy atom. The van der Waals surface area contributed by atoms with Crippen LogP contribution in [0.2, 0.25) is 0 Å². The molecule has 3 fully saturated rings. The number of hydrogen-bond donors (Lipinski definition) is 1. The molecule has 1 aliphatic heterocycles. The number of carbonyl (C=O) groups is 2. The first-order valence-corrected chi connectivity index (χ1v) is 7.08. The number of fused-ring (bicyclic) bond motifs is 1. The number of imide groups is 1. The van der Waals surface area contributed by atoms with Crippen molar-refractivity contribution < 1.29 is 9.59 Å². The van der Waals surface area contributed by atoms with Crippen LogP contribution in [0.5, 0.6) is 0 Å². The standard InChI is InChI=1S/C14H22N2O2/c1-14(2)10-11(14)13(18)16(12(10)17)9-7-5-3-4-6-8(9)15/h8-11H,3-7,15H2,1-2H3. The summed E-state index contributed by atoms with van der Waals surface area (Å²) < 4.78 is 0. The maximum Gasteiger partial charge on any atom is 0.233 e. The molecule has 0 aromatic rings. The van der Waals surface area contributed by atoms with Gasteiger partial charge in [-0.25, -0.2) is 0 Å². The number of nitrogens with zero attached hydrogens (tertiary/aromatic N) is 1. The van der Waals surface area contributed by atoms with Crippen LogP contribution >= 0.6 is 0 Å². The molecule has 100 valence electrons. The first-order valence-electron chi connectivity index (χ1n) is 7.08. The Morgan fingerprint density at radius 2 is 1.61 bits per heavy atom. The Morgan fingerprint density at radius 1 is 1.06 bits per heavy atom. The smallest absolute Gasteiger partial charge is 0.233 e. The van der Waals surface area contributed by atoms with Gasteiger partial charge in [-0.1, -0.05) is 33.1 Å². The zero-order chi connectivity index (χ0) is 13.1. The molecule has 0 spiro atoms. The summed E-state index contributed by atoms with van der Waals surface area (Å²) in [5, 5.41) is 0. The predicted molar refractivity (Wildman–Crippen MR) is 67.5 cm³/mol. The number of nitrogens with two attached hydrogens (primary N) is 1. The number of likely N-dealkylation sites (tertiary alicyclic amines) is 1. The molecule has 1 saturated heterocycles. The van der Waals surface area contributed by atoms with Crippen molar-refractivity contribution in [2.45, 2.75) is 58.0 Å². The molecule has 4 unspecified atom stereocenters. The van der Waals surface area contributed by atoms with Crippen LogP contribution in [-0.4, -0.2) is 28.8 Å². The highest BCUT2D eigenvalue weighted by molar-refractivity contribution is 6.10. The molecule has 0 bridgehead atoms. The van der Waals surface area contributed by atoms with E-state index in [4.69, 9.17) is 5.73 Å². The molecule has 3 rings (SSSR count). The summed E-state index contributed by atoms with van der Waals surface area (Å²) in [5.41, 5.74) is 6.05. The molecule has 18 heavy (non-hydrogen) atoms. The summed E-state index contributed by atoms with van der Waals surface area (Å²) in [7, 11) is 0. The van der Waals surface area contributed by atoms with Crippen LogP contribution in [0.3, 0.4) is 0 Å². The van der Waals surface area contributed by atoms with Crippen molar-refractivity contribution in [3.63, 3.8) is 0 Å². The normalized spacial score (nSPS) is 42.7. The summed E-state index contributed by atoms with van der Waals surface area (Å²) >= 11 is 0. The van der Waals surface area contributed by atoms with E-state index >= 15 is 0 Å². The average molecular weight is 250 g/mol. The van der Waals surface area contributed by atoms with Gasteiger partial charge in [0, 0.05) is 6.04 Å². The first kappa shape index (κ1) is 12.2. The summed E-state index contributed by atoms with van der Waals surface area (Å²) in [6, 6.07) is -0.0721. The van der Waals surface area contributed by atoms with Crippen molar-refractivity contribution >= 4 is 11.8 Å². The van der Waals surface area contributed by atoms with Gasteiger partial charge in [-0.2, -0.15) is 0 Å². The number of carbonyl (C=O) groups excluding carboxylic acids is 2. The van der Waals surface area contributed by atoms with Gasteiger partial charge in [0.2, 0.25) is 11.8 Å². The Kier molecular flexibility index (Phi) is 2.56. The third-order valence-electron chi connectivity index (χ3n) is 5.20. The summed E-state index contributed by atoms with van der Waals surface area (Å²) in [6.07, 6.45) is 5.18. The van der Waals surface area contributed by atoms with Gasteiger partial charge >= 0.3 is 0 Å². The van der Waals surface area contributed by atoms with Crippen LogP contribution in [0, 0.1) is 17.3 Å². The second-order valence-corrected chi connectivity index (χ2v) is 6.69. The van der Waals surface area contributed by atoms with Crippen LogP contribution in [0.15, 0.2) is 0 Å². The summed E-state index contributed by atoms with van der Waals surface area (Å²) in [4.78, 5) is 26.3. The van der Waals surface area contributed by atoms with E-state index in [1.807, 2.05) is 13.8 Å². The monoisotopic (exact) mass is 250 g/mol. The fraction of sp³-hybridized carbons (Fsp3) is 0.857. The maximum atomic E-state index is 12.4. The van der Waals surface area contributed by atoms with Crippen LogP contribution in [-0.2, 0) is 9.59 Å². The zero-order valence-corrected chi connectivity index (χ0v) is 11.2.